The van der Waals surface area contributed by atoms with Crippen molar-refractivity contribution in [3.05, 3.63) is 34.9 Å². The molecule has 0 aromatic heterocycles. The van der Waals surface area contributed by atoms with Crippen LogP contribution in [0.4, 0.5) is 0 Å². The Kier molecular flexibility index (Phi) is 5.01. The van der Waals surface area contributed by atoms with E-state index >= 15 is 0 Å². The lowest BCUT2D eigenvalue weighted by Crippen LogP contribution is -1.99. The Hall–Kier alpha value is -1.19. The number of carbonyl (C=O) groups is 1. The van der Waals surface area contributed by atoms with Crippen LogP contribution in [0.5, 0.6) is 0 Å². The van der Waals surface area contributed by atoms with Crippen LogP contribution < -0.4 is 0 Å². The molecule has 1 aromatic rings. The fourth-order valence-corrected chi connectivity index (χ4v) is 1.08. The van der Waals surface area contributed by atoms with Gasteiger partial charge in [0.15, 0.2) is 0 Å². The van der Waals surface area contributed by atoms with E-state index in [0.29, 0.717) is 23.8 Å². The number of benzene rings is 1. The van der Waals surface area contributed by atoms with Gasteiger partial charge in [-0.05, 0) is 31.2 Å². The largest absolute Gasteiger partial charge is 0.376 e. The number of hydrogen-bond donors (Lipinski definition) is 0. The molecule has 0 saturated carbocycles. The third kappa shape index (κ3) is 4.23. The SMILES string of the molecule is CCOCC=NC(=O)c1ccc(Cl)cc1. The van der Waals surface area contributed by atoms with Crippen molar-refractivity contribution >= 4 is 23.7 Å². The summed E-state index contributed by atoms with van der Waals surface area (Å²) in [4.78, 5) is 15.2. The van der Waals surface area contributed by atoms with Gasteiger partial charge in [0.2, 0.25) is 0 Å². The summed E-state index contributed by atoms with van der Waals surface area (Å²) in [6.45, 7) is 2.85. The molecule has 0 N–H and O–H groups in total. The van der Waals surface area contributed by atoms with E-state index in [0.717, 1.165) is 0 Å². The second-order valence-electron chi connectivity index (χ2n) is 2.78. The van der Waals surface area contributed by atoms with Crippen molar-refractivity contribution in [1.82, 2.24) is 0 Å². The van der Waals surface area contributed by atoms with Crippen LogP contribution in [-0.2, 0) is 4.74 Å². The Labute approximate surface area is 93.7 Å². The van der Waals surface area contributed by atoms with Crippen LogP contribution in [0.3, 0.4) is 0 Å². The van der Waals surface area contributed by atoms with Crippen LogP contribution in [0.2, 0.25) is 5.02 Å². The van der Waals surface area contributed by atoms with Crippen molar-refractivity contribution in [2.24, 2.45) is 4.99 Å². The number of carbonyl (C=O) groups excluding carboxylic acids is 1. The molecule has 0 fully saturated rings. The molecule has 0 unspecified atom stereocenters. The van der Waals surface area contributed by atoms with Gasteiger partial charge in [-0.3, -0.25) is 4.79 Å². The molecule has 0 aliphatic rings. The molecule has 80 valence electrons. The fourth-order valence-electron chi connectivity index (χ4n) is 0.958. The molecule has 0 spiro atoms. The highest BCUT2D eigenvalue weighted by atomic mass is 35.5. The van der Waals surface area contributed by atoms with Gasteiger partial charge < -0.3 is 4.74 Å². The molecule has 1 amide bonds. The molecule has 0 radical (unpaired) electrons. The molecule has 0 bridgehead atoms. The normalized spacial score (nSPS) is 10.8. The van der Waals surface area contributed by atoms with Gasteiger partial charge in [0.1, 0.15) is 0 Å². The van der Waals surface area contributed by atoms with Crippen molar-refractivity contribution in [3.63, 3.8) is 0 Å². The number of aliphatic imine (C=N–C) groups is 1. The third-order valence-corrected chi connectivity index (χ3v) is 1.95. The van der Waals surface area contributed by atoms with Gasteiger partial charge in [0.05, 0.1) is 6.61 Å². The summed E-state index contributed by atoms with van der Waals surface area (Å²) in [5.41, 5.74) is 0.521. The van der Waals surface area contributed by atoms with E-state index < -0.39 is 0 Å². The van der Waals surface area contributed by atoms with Gasteiger partial charge in [0, 0.05) is 23.4 Å². The Morgan fingerprint density at radius 1 is 1.47 bits per heavy atom. The predicted octanol–water partition coefficient (Wildman–Crippen LogP) is 2.59. The molecule has 1 aromatic carbocycles. The van der Waals surface area contributed by atoms with E-state index in [4.69, 9.17) is 16.3 Å². The van der Waals surface area contributed by atoms with Crippen LogP contribution >= 0.6 is 11.6 Å². The first-order valence-corrected chi connectivity index (χ1v) is 5.02. The Balaban J connectivity index is 2.53. The zero-order chi connectivity index (χ0) is 11.1. The first-order valence-electron chi connectivity index (χ1n) is 4.64. The minimum atomic E-state index is -0.286. The van der Waals surface area contributed by atoms with Gasteiger partial charge in [-0.25, -0.2) is 4.99 Å². The molecule has 0 aliphatic carbocycles. The summed E-state index contributed by atoms with van der Waals surface area (Å²) in [5.74, 6) is -0.286. The van der Waals surface area contributed by atoms with E-state index in [1.54, 1.807) is 24.3 Å². The number of rotatable bonds is 4. The van der Waals surface area contributed by atoms with Crippen molar-refractivity contribution in [1.29, 1.82) is 0 Å². The Morgan fingerprint density at radius 3 is 2.73 bits per heavy atom. The molecule has 15 heavy (non-hydrogen) atoms. The molecule has 0 saturated heterocycles. The fraction of sp³-hybridized carbons (Fsp3) is 0.273. The highest BCUT2D eigenvalue weighted by Gasteiger charge is 2.01. The first-order chi connectivity index (χ1) is 7.24. The molecule has 0 atom stereocenters. The van der Waals surface area contributed by atoms with Gasteiger partial charge in [0.25, 0.3) is 5.91 Å². The number of hydrogen-bond acceptors (Lipinski definition) is 2. The first kappa shape index (κ1) is 11.9. The quantitative estimate of drug-likeness (QED) is 0.584. The highest BCUT2D eigenvalue weighted by molar-refractivity contribution is 6.30. The highest BCUT2D eigenvalue weighted by Crippen LogP contribution is 2.09. The van der Waals surface area contributed by atoms with Crippen LogP contribution in [-0.4, -0.2) is 25.3 Å². The second kappa shape index (κ2) is 6.32. The van der Waals surface area contributed by atoms with E-state index in [1.165, 1.54) is 6.21 Å². The van der Waals surface area contributed by atoms with Gasteiger partial charge >= 0.3 is 0 Å². The maximum Gasteiger partial charge on any atom is 0.276 e. The number of halogens is 1. The molecular formula is C11H12ClNO2. The topological polar surface area (TPSA) is 38.7 Å². The van der Waals surface area contributed by atoms with Crippen LogP contribution in [0.1, 0.15) is 17.3 Å². The zero-order valence-corrected chi connectivity index (χ0v) is 9.20. The van der Waals surface area contributed by atoms with Crippen molar-refractivity contribution in [2.75, 3.05) is 13.2 Å². The zero-order valence-electron chi connectivity index (χ0n) is 8.44. The molecule has 3 nitrogen and oxygen atoms in total. The number of ether oxygens (including phenoxy) is 1. The standard InChI is InChI=1S/C11H12ClNO2/c1-2-15-8-7-13-11(14)9-3-5-10(12)6-4-9/h3-7H,2,8H2,1H3. The van der Waals surface area contributed by atoms with E-state index in [9.17, 15) is 4.79 Å². The maximum atomic E-state index is 11.4. The van der Waals surface area contributed by atoms with Gasteiger partial charge in [-0.1, -0.05) is 11.6 Å². The van der Waals surface area contributed by atoms with E-state index in [2.05, 4.69) is 4.99 Å². The van der Waals surface area contributed by atoms with Gasteiger partial charge in [-0.2, -0.15) is 0 Å². The summed E-state index contributed by atoms with van der Waals surface area (Å²) in [6.07, 6.45) is 1.46. The summed E-state index contributed by atoms with van der Waals surface area (Å²) in [6, 6.07) is 6.60. The summed E-state index contributed by atoms with van der Waals surface area (Å²) < 4.78 is 5.02. The lowest BCUT2D eigenvalue weighted by Gasteiger charge is -1.95. The molecular weight excluding hydrogens is 214 g/mol. The van der Waals surface area contributed by atoms with E-state index in [-0.39, 0.29) is 5.91 Å². The average Bonchev–Trinajstić information content (AvgIpc) is 2.25. The van der Waals surface area contributed by atoms with Crippen LogP contribution in [0.25, 0.3) is 0 Å². The number of nitrogens with zero attached hydrogens (tertiary/aromatic N) is 1. The van der Waals surface area contributed by atoms with Crippen LogP contribution in [0.15, 0.2) is 29.3 Å². The van der Waals surface area contributed by atoms with Crippen molar-refractivity contribution in [2.45, 2.75) is 6.92 Å². The number of amides is 1. The molecule has 1 rings (SSSR count). The molecule has 0 aliphatic heterocycles. The molecule has 0 heterocycles. The lowest BCUT2D eigenvalue weighted by atomic mass is 10.2. The second-order valence-corrected chi connectivity index (χ2v) is 3.22. The van der Waals surface area contributed by atoms with Crippen molar-refractivity contribution in [3.8, 4) is 0 Å². The summed E-state index contributed by atoms with van der Waals surface area (Å²) in [5, 5.41) is 0.602. The Morgan fingerprint density at radius 2 is 2.13 bits per heavy atom. The van der Waals surface area contributed by atoms with E-state index in [1.807, 2.05) is 6.92 Å². The monoisotopic (exact) mass is 225 g/mol. The average molecular weight is 226 g/mol. The van der Waals surface area contributed by atoms with Crippen molar-refractivity contribution < 1.29 is 9.53 Å². The molecule has 4 heteroatoms. The van der Waals surface area contributed by atoms with Gasteiger partial charge in [-0.15, -0.1) is 0 Å². The Bertz CT molecular complexity index is 346. The minimum Gasteiger partial charge on any atom is -0.376 e. The predicted molar refractivity (Wildman–Crippen MR) is 60.8 cm³/mol. The third-order valence-electron chi connectivity index (χ3n) is 1.70. The summed E-state index contributed by atoms with van der Waals surface area (Å²) >= 11 is 5.69. The minimum absolute atomic E-state index is 0.286. The lowest BCUT2D eigenvalue weighted by molar-refractivity contribution is 0.100. The smallest absolute Gasteiger partial charge is 0.276 e. The summed E-state index contributed by atoms with van der Waals surface area (Å²) in [7, 11) is 0. The van der Waals surface area contributed by atoms with Crippen LogP contribution in [0, 0.1) is 0 Å². The maximum absolute atomic E-state index is 11.4.